The Labute approximate surface area is 122 Å². The molecule has 118 valence electrons. The molecule has 0 radical (unpaired) electrons. The van der Waals surface area contributed by atoms with Gasteiger partial charge in [-0.15, -0.1) is 0 Å². The van der Waals surface area contributed by atoms with Crippen molar-refractivity contribution >= 4 is 17.7 Å². The SMILES string of the molecule is CCCNc1nc(NCCNC(=O)N(C)C)c(F)cc1F. The van der Waals surface area contributed by atoms with E-state index in [1.54, 1.807) is 14.1 Å². The lowest BCUT2D eigenvalue weighted by Crippen LogP contribution is -2.37. The van der Waals surface area contributed by atoms with Crippen molar-refractivity contribution in [2.24, 2.45) is 0 Å². The van der Waals surface area contributed by atoms with Crippen molar-refractivity contribution < 1.29 is 13.6 Å². The molecule has 3 N–H and O–H groups in total. The Kier molecular flexibility index (Phi) is 6.64. The van der Waals surface area contributed by atoms with Crippen molar-refractivity contribution in [3.63, 3.8) is 0 Å². The maximum atomic E-state index is 13.6. The number of aromatic nitrogens is 1. The van der Waals surface area contributed by atoms with Crippen LogP contribution in [-0.4, -0.2) is 49.6 Å². The Morgan fingerprint density at radius 2 is 1.71 bits per heavy atom. The molecule has 1 heterocycles. The zero-order valence-corrected chi connectivity index (χ0v) is 12.5. The molecule has 1 rings (SSSR count). The number of pyridine rings is 1. The minimum Gasteiger partial charge on any atom is -0.368 e. The lowest BCUT2D eigenvalue weighted by molar-refractivity contribution is 0.218. The molecule has 2 amide bonds. The number of rotatable bonds is 7. The second kappa shape index (κ2) is 8.23. The third-order valence-electron chi connectivity index (χ3n) is 2.57. The standard InChI is InChI=1S/C13H21F2N5O/c1-4-5-16-11-9(14)8-10(15)12(19-11)17-6-7-18-13(21)20(2)3/h8H,4-7H2,1-3H3,(H,18,21)(H2,16,17,19). The van der Waals surface area contributed by atoms with E-state index in [-0.39, 0.29) is 24.2 Å². The van der Waals surface area contributed by atoms with Crippen molar-refractivity contribution in [1.29, 1.82) is 0 Å². The van der Waals surface area contributed by atoms with Gasteiger partial charge in [-0.2, -0.15) is 0 Å². The first-order valence-electron chi connectivity index (χ1n) is 6.74. The molecule has 6 nitrogen and oxygen atoms in total. The minimum atomic E-state index is -0.770. The molecule has 0 saturated heterocycles. The molecular weight excluding hydrogens is 280 g/mol. The molecule has 21 heavy (non-hydrogen) atoms. The van der Waals surface area contributed by atoms with Gasteiger partial charge in [-0.05, 0) is 6.42 Å². The first-order chi connectivity index (χ1) is 9.95. The number of carbonyl (C=O) groups is 1. The average Bonchev–Trinajstić information content (AvgIpc) is 2.43. The van der Waals surface area contributed by atoms with Gasteiger partial charge in [0, 0.05) is 39.8 Å². The maximum absolute atomic E-state index is 13.6. The molecular formula is C13H21F2N5O. The summed E-state index contributed by atoms with van der Waals surface area (Å²) in [4.78, 5) is 16.5. The van der Waals surface area contributed by atoms with Crippen LogP contribution in [0.4, 0.5) is 25.2 Å². The van der Waals surface area contributed by atoms with Crippen molar-refractivity contribution in [2.75, 3.05) is 44.4 Å². The number of hydrogen-bond donors (Lipinski definition) is 3. The number of carbonyl (C=O) groups excluding carboxylic acids is 1. The minimum absolute atomic E-state index is 0.0121. The van der Waals surface area contributed by atoms with Gasteiger partial charge in [-0.25, -0.2) is 18.6 Å². The van der Waals surface area contributed by atoms with E-state index in [4.69, 9.17) is 0 Å². The van der Waals surface area contributed by atoms with Gasteiger partial charge in [0.25, 0.3) is 0 Å². The Morgan fingerprint density at radius 3 is 2.24 bits per heavy atom. The fourth-order valence-corrected chi connectivity index (χ4v) is 1.47. The number of nitrogens with one attached hydrogen (secondary N) is 3. The van der Waals surface area contributed by atoms with E-state index in [9.17, 15) is 13.6 Å². The summed E-state index contributed by atoms with van der Waals surface area (Å²) in [7, 11) is 3.24. The zero-order valence-electron chi connectivity index (χ0n) is 12.5. The molecule has 0 aliphatic heterocycles. The molecule has 1 aromatic rings. The number of anilines is 2. The van der Waals surface area contributed by atoms with Crippen LogP contribution in [0.5, 0.6) is 0 Å². The largest absolute Gasteiger partial charge is 0.368 e. The molecule has 8 heteroatoms. The van der Waals surface area contributed by atoms with Crippen LogP contribution in [0.1, 0.15) is 13.3 Å². The summed E-state index contributed by atoms with van der Waals surface area (Å²) >= 11 is 0. The summed E-state index contributed by atoms with van der Waals surface area (Å²) in [6.07, 6.45) is 0.803. The van der Waals surface area contributed by atoms with Gasteiger partial charge in [0.1, 0.15) is 0 Å². The zero-order chi connectivity index (χ0) is 15.8. The first-order valence-corrected chi connectivity index (χ1v) is 6.74. The highest BCUT2D eigenvalue weighted by atomic mass is 19.1. The molecule has 0 fully saturated rings. The topological polar surface area (TPSA) is 69.3 Å². The van der Waals surface area contributed by atoms with Gasteiger partial charge in [0.05, 0.1) is 0 Å². The summed E-state index contributed by atoms with van der Waals surface area (Å²) in [6, 6.07) is 0.542. The maximum Gasteiger partial charge on any atom is 0.316 e. The van der Waals surface area contributed by atoms with Crippen molar-refractivity contribution in [3.8, 4) is 0 Å². The predicted molar refractivity (Wildman–Crippen MR) is 78.5 cm³/mol. The van der Waals surface area contributed by atoms with E-state index in [1.807, 2.05) is 6.92 Å². The van der Waals surface area contributed by atoms with E-state index >= 15 is 0 Å². The summed E-state index contributed by atoms with van der Waals surface area (Å²) in [5, 5.41) is 8.13. The monoisotopic (exact) mass is 301 g/mol. The average molecular weight is 301 g/mol. The van der Waals surface area contributed by atoms with Gasteiger partial charge in [0.2, 0.25) is 0 Å². The first kappa shape index (κ1) is 16.9. The van der Waals surface area contributed by atoms with Gasteiger partial charge >= 0.3 is 6.03 Å². The van der Waals surface area contributed by atoms with Crippen molar-refractivity contribution in [3.05, 3.63) is 17.7 Å². The van der Waals surface area contributed by atoms with Gasteiger partial charge in [-0.1, -0.05) is 6.92 Å². The van der Waals surface area contributed by atoms with Crippen LogP contribution >= 0.6 is 0 Å². The van der Waals surface area contributed by atoms with Crippen molar-refractivity contribution in [2.45, 2.75) is 13.3 Å². The number of nitrogens with zero attached hydrogens (tertiary/aromatic N) is 2. The molecule has 0 spiro atoms. The van der Waals surface area contributed by atoms with Crippen LogP contribution in [0.25, 0.3) is 0 Å². The molecule has 0 aliphatic rings. The molecule has 0 aromatic carbocycles. The number of hydrogen-bond acceptors (Lipinski definition) is 4. The highest BCUT2D eigenvalue weighted by Gasteiger charge is 2.11. The fraction of sp³-hybridized carbons (Fsp3) is 0.538. The predicted octanol–water partition coefficient (Wildman–Crippen LogP) is 1.86. The smallest absolute Gasteiger partial charge is 0.316 e. The molecule has 0 bridgehead atoms. The Hall–Kier alpha value is -2.12. The molecule has 0 atom stereocenters. The fourth-order valence-electron chi connectivity index (χ4n) is 1.47. The van der Waals surface area contributed by atoms with Crippen LogP contribution < -0.4 is 16.0 Å². The lowest BCUT2D eigenvalue weighted by Gasteiger charge is -2.13. The second-order valence-corrected chi connectivity index (χ2v) is 4.63. The quantitative estimate of drug-likeness (QED) is 0.672. The molecule has 1 aromatic heterocycles. The van der Waals surface area contributed by atoms with Gasteiger partial charge in [-0.3, -0.25) is 0 Å². The number of urea groups is 1. The van der Waals surface area contributed by atoms with E-state index in [0.29, 0.717) is 13.1 Å². The highest BCUT2D eigenvalue weighted by molar-refractivity contribution is 5.73. The summed E-state index contributed by atoms with van der Waals surface area (Å²) in [6.45, 7) is 3.06. The lowest BCUT2D eigenvalue weighted by atomic mass is 10.3. The van der Waals surface area contributed by atoms with Crippen LogP contribution in [0.15, 0.2) is 6.07 Å². The molecule has 0 unspecified atom stereocenters. The second-order valence-electron chi connectivity index (χ2n) is 4.63. The van der Waals surface area contributed by atoms with Gasteiger partial charge in [0.15, 0.2) is 23.3 Å². The van der Waals surface area contributed by atoms with E-state index < -0.39 is 11.6 Å². The summed E-state index contributed by atoms with van der Waals surface area (Å²) in [5.74, 6) is -1.53. The van der Waals surface area contributed by atoms with Crippen LogP contribution in [0.2, 0.25) is 0 Å². The number of amides is 2. The summed E-state index contributed by atoms with van der Waals surface area (Å²) in [5.41, 5.74) is 0. The normalized spacial score (nSPS) is 10.1. The van der Waals surface area contributed by atoms with Crippen molar-refractivity contribution in [1.82, 2.24) is 15.2 Å². The third-order valence-corrected chi connectivity index (χ3v) is 2.57. The van der Waals surface area contributed by atoms with Crippen LogP contribution in [0.3, 0.4) is 0 Å². The third kappa shape index (κ3) is 5.41. The molecule has 0 saturated carbocycles. The number of halogens is 2. The van der Waals surface area contributed by atoms with Gasteiger partial charge < -0.3 is 20.9 Å². The van der Waals surface area contributed by atoms with Crippen LogP contribution in [0, 0.1) is 11.6 Å². The Bertz CT molecular complexity index is 482. The Balaban J connectivity index is 2.56. The van der Waals surface area contributed by atoms with E-state index in [0.717, 1.165) is 12.5 Å². The van der Waals surface area contributed by atoms with E-state index in [1.165, 1.54) is 4.90 Å². The highest BCUT2D eigenvalue weighted by Crippen LogP contribution is 2.18. The summed E-state index contributed by atoms with van der Waals surface area (Å²) < 4.78 is 27.1. The van der Waals surface area contributed by atoms with E-state index in [2.05, 4.69) is 20.9 Å². The molecule has 0 aliphatic carbocycles. The Morgan fingerprint density at radius 1 is 1.14 bits per heavy atom. The van der Waals surface area contributed by atoms with Crippen LogP contribution in [-0.2, 0) is 0 Å².